The number of carboxylic acids is 2. The molecule has 0 saturated heterocycles. The fraction of sp³-hybridized carbons (Fsp3) is 0.667. The lowest BCUT2D eigenvalue weighted by atomic mass is 9.89. The number of unbranched alkanes of at least 4 members (excludes halogenated alkanes) is 10. The second-order valence-corrected chi connectivity index (χ2v) is 7.77. The summed E-state index contributed by atoms with van der Waals surface area (Å²) in [6.45, 7) is 4.36. The number of hydrogen-bond acceptors (Lipinski definition) is 2. The highest BCUT2D eigenvalue weighted by atomic mass is 16.4. The number of carboxylic acid groups (broad SMARTS) is 2. The zero-order chi connectivity index (χ0) is 20.8. The lowest BCUT2D eigenvalue weighted by Gasteiger charge is -2.15. The van der Waals surface area contributed by atoms with Gasteiger partial charge in [-0.25, -0.2) is 9.59 Å². The largest absolute Gasteiger partial charge is 0.478 e. The van der Waals surface area contributed by atoms with Gasteiger partial charge in [0.25, 0.3) is 0 Å². The van der Waals surface area contributed by atoms with Gasteiger partial charge in [0, 0.05) is 0 Å². The topological polar surface area (TPSA) is 74.6 Å². The van der Waals surface area contributed by atoms with Crippen LogP contribution in [0.1, 0.15) is 123 Å². The summed E-state index contributed by atoms with van der Waals surface area (Å²) >= 11 is 0. The summed E-state index contributed by atoms with van der Waals surface area (Å²) in [6.07, 6.45) is 14.7. The van der Waals surface area contributed by atoms with E-state index in [2.05, 4.69) is 13.8 Å². The van der Waals surface area contributed by atoms with Crippen molar-refractivity contribution in [1.29, 1.82) is 0 Å². The smallest absolute Gasteiger partial charge is 0.336 e. The summed E-state index contributed by atoms with van der Waals surface area (Å²) in [5.74, 6) is -2.03. The SMILES string of the molecule is CCCCCCCCc1ccc(C(=O)O)c(CCCCCCCC)c1C(=O)O. The van der Waals surface area contributed by atoms with Crippen molar-refractivity contribution in [3.63, 3.8) is 0 Å². The Hall–Kier alpha value is -1.84. The highest BCUT2D eigenvalue weighted by molar-refractivity contribution is 5.97. The van der Waals surface area contributed by atoms with Gasteiger partial charge in [-0.05, 0) is 42.9 Å². The van der Waals surface area contributed by atoms with Crippen LogP contribution in [0.15, 0.2) is 12.1 Å². The molecule has 0 aliphatic carbocycles. The normalized spacial score (nSPS) is 10.9. The predicted molar refractivity (Wildman–Crippen MR) is 115 cm³/mol. The van der Waals surface area contributed by atoms with E-state index in [4.69, 9.17) is 0 Å². The number of aryl methyl sites for hydroxylation is 1. The highest BCUT2D eigenvalue weighted by Crippen LogP contribution is 2.25. The van der Waals surface area contributed by atoms with Crippen molar-refractivity contribution in [1.82, 2.24) is 0 Å². The first-order valence-electron chi connectivity index (χ1n) is 11.1. The van der Waals surface area contributed by atoms with Crippen molar-refractivity contribution in [3.05, 3.63) is 34.4 Å². The van der Waals surface area contributed by atoms with Gasteiger partial charge in [-0.1, -0.05) is 84.1 Å². The summed E-state index contributed by atoms with van der Waals surface area (Å²) in [4.78, 5) is 23.6. The summed E-state index contributed by atoms with van der Waals surface area (Å²) in [5, 5.41) is 19.3. The van der Waals surface area contributed by atoms with Gasteiger partial charge in [0.1, 0.15) is 0 Å². The minimum Gasteiger partial charge on any atom is -0.478 e. The van der Waals surface area contributed by atoms with Crippen molar-refractivity contribution in [3.8, 4) is 0 Å². The van der Waals surface area contributed by atoms with Gasteiger partial charge in [-0.3, -0.25) is 0 Å². The van der Waals surface area contributed by atoms with E-state index in [1.54, 1.807) is 12.1 Å². The molecule has 4 nitrogen and oxygen atoms in total. The van der Waals surface area contributed by atoms with Crippen LogP contribution in [0.3, 0.4) is 0 Å². The zero-order valence-electron chi connectivity index (χ0n) is 17.8. The van der Waals surface area contributed by atoms with E-state index in [-0.39, 0.29) is 11.1 Å². The second-order valence-electron chi connectivity index (χ2n) is 7.77. The van der Waals surface area contributed by atoms with Crippen molar-refractivity contribution < 1.29 is 19.8 Å². The minimum absolute atomic E-state index is 0.151. The summed E-state index contributed by atoms with van der Waals surface area (Å²) in [7, 11) is 0. The average Bonchev–Trinajstić information content (AvgIpc) is 2.66. The first-order valence-corrected chi connectivity index (χ1v) is 11.1. The van der Waals surface area contributed by atoms with Crippen LogP contribution in [0.2, 0.25) is 0 Å². The quantitative estimate of drug-likeness (QED) is 0.301. The van der Waals surface area contributed by atoms with Crippen LogP contribution in [0.5, 0.6) is 0 Å². The third-order valence-electron chi connectivity index (χ3n) is 5.42. The maximum absolute atomic E-state index is 12.0. The van der Waals surface area contributed by atoms with Crippen LogP contribution in [0.4, 0.5) is 0 Å². The Bertz CT molecular complexity index is 607. The lowest BCUT2D eigenvalue weighted by Crippen LogP contribution is -2.13. The maximum atomic E-state index is 12.0. The molecule has 0 saturated carbocycles. The summed E-state index contributed by atoms with van der Waals surface area (Å²) < 4.78 is 0. The molecule has 1 rings (SSSR count). The van der Waals surface area contributed by atoms with E-state index in [1.165, 1.54) is 44.9 Å². The van der Waals surface area contributed by atoms with Crippen molar-refractivity contribution in [2.75, 3.05) is 0 Å². The lowest BCUT2D eigenvalue weighted by molar-refractivity contribution is 0.0694. The Labute approximate surface area is 170 Å². The van der Waals surface area contributed by atoms with E-state index < -0.39 is 11.9 Å². The predicted octanol–water partition coefficient (Wildman–Crippen LogP) is 6.89. The number of hydrogen-bond donors (Lipinski definition) is 2. The number of benzene rings is 1. The highest BCUT2D eigenvalue weighted by Gasteiger charge is 2.21. The first-order chi connectivity index (χ1) is 13.5. The summed E-state index contributed by atoms with van der Waals surface area (Å²) in [5.41, 5.74) is 1.69. The standard InChI is InChI=1S/C24H38O4/c1-3-5-7-9-11-13-15-19-17-18-21(23(25)26)20(22(19)24(27)28)16-14-12-10-8-6-4-2/h17-18H,3-16H2,1-2H3,(H,25,26)(H,27,28). The molecule has 0 aromatic heterocycles. The molecule has 28 heavy (non-hydrogen) atoms. The molecule has 0 aliphatic rings. The Kier molecular flexibility index (Phi) is 12.3. The molecular formula is C24H38O4. The van der Waals surface area contributed by atoms with E-state index >= 15 is 0 Å². The molecule has 1 aromatic rings. The minimum atomic E-state index is -1.03. The van der Waals surface area contributed by atoms with E-state index in [0.29, 0.717) is 18.4 Å². The average molecular weight is 391 g/mol. The van der Waals surface area contributed by atoms with Crippen LogP contribution >= 0.6 is 0 Å². The molecule has 0 radical (unpaired) electrons. The molecule has 0 atom stereocenters. The van der Waals surface area contributed by atoms with Gasteiger partial charge in [-0.15, -0.1) is 0 Å². The molecule has 1 aromatic carbocycles. The Morgan fingerprint density at radius 1 is 0.679 bits per heavy atom. The molecule has 0 bridgehead atoms. The third-order valence-corrected chi connectivity index (χ3v) is 5.42. The molecule has 0 aliphatic heterocycles. The van der Waals surface area contributed by atoms with E-state index in [1.807, 2.05) is 0 Å². The van der Waals surface area contributed by atoms with Crippen molar-refractivity contribution in [2.45, 2.75) is 104 Å². The van der Waals surface area contributed by atoms with Crippen LogP contribution < -0.4 is 0 Å². The van der Waals surface area contributed by atoms with E-state index in [9.17, 15) is 19.8 Å². The number of aromatic carboxylic acids is 2. The van der Waals surface area contributed by atoms with Gasteiger partial charge in [0.05, 0.1) is 11.1 Å². The zero-order valence-corrected chi connectivity index (χ0v) is 17.8. The molecule has 0 unspecified atom stereocenters. The molecule has 0 fully saturated rings. The van der Waals surface area contributed by atoms with Gasteiger partial charge in [-0.2, -0.15) is 0 Å². The fourth-order valence-electron chi connectivity index (χ4n) is 3.81. The van der Waals surface area contributed by atoms with Crippen LogP contribution in [0.25, 0.3) is 0 Å². The molecule has 158 valence electrons. The Balaban J connectivity index is 2.84. The molecule has 0 heterocycles. The monoisotopic (exact) mass is 390 g/mol. The van der Waals surface area contributed by atoms with Crippen molar-refractivity contribution >= 4 is 11.9 Å². The van der Waals surface area contributed by atoms with Crippen molar-refractivity contribution in [2.24, 2.45) is 0 Å². The summed E-state index contributed by atoms with van der Waals surface area (Å²) in [6, 6.07) is 3.32. The molecule has 0 spiro atoms. The number of carbonyl (C=O) groups is 2. The molecule has 2 N–H and O–H groups in total. The molecular weight excluding hydrogens is 352 g/mol. The second kappa shape index (κ2) is 14.2. The van der Waals surface area contributed by atoms with Gasteiger partial charge >= 0.3 is 11.9 Å². The van der Waals surface area contributed by atoms with Gasteiger partial charge < -0.3 is 10.2 Å². The van der Waals surface area contributed by atoms with E-state index in [0.717, 1.165) is 37.7 Å². The first kappa shape index (κ1) is 24.2. The molecule has 0 amide bonds. The number of rotatable bonds is 16. The van der Waals surface area contributed by atoms with Crippen LogP contribution in [0, 0.1) is 0 Å². The Morgan fingerprint density at radius 2 is 1.18 bits per heavy atom. The molecule has 4 heteroatoms. The third kappa shape index (κ3) is 8.45. The fourth-order valence-corrected chi connectivity index (χ4v) is 3.81. The van der Waals surface area contributed by atoms with Crippen LogP contribution in [-0.4, -0.2) is 22.2 Å². The van der Waals surface area contributed by atoms with Gasteiger partial charge in [0.2, 0.25) is 0 Å². The van der Waals surface area contributed by atoms with Gasteiger partial charge in [0.15, 0.2) is 0 Å². The van der Waals surface area contributed by atoms with Crippen LogP contribution in [-0.2, 0) is 12.8 Å². The Morgan fingerprint density at radius 3 is 1.68 bits per heavy atom. The maximum Gasteiger partial charge on any atom is 0.336 e.